The van der Waals surface area contributed by atoms with E-state index >= 15 is 0 Å². The zero-order chi connectivity index (χ0) is 8.39. The molecule has 3 nitrogen and oxygen atoms in total. The minimum atomic E-state index is 0.384. The molecule has 2 N–H and O–H groups in total. The van der Waals surface area contributed by atoms with Gasteiger partial charge in [0.25, 0.3) is 0 Å². The van der Waals surface area contributed by atoms with Gasteiger partial charge in [-0.15, -0.1) is 0 Å². The van der Waals surface area contributed by atoms with E-state index in [2.05, 4.69) is 4.98 Å². The second-order valence-electron chi connectivity index (χ2n) is 2.96. The Hall–Kier alpha value is -1.09. The minimum Gasteiger partial charge on any atom is -0.492 e. The van der Waals surface area contributed by atoms with Crippen molar-refractivity contribution in [1.29, 1.82) is 0 Å². The molecular weight excluding hydrogens is 152 g/mol. The fourth-order valence-corrected chi connectivity index (χ4v) is 1.51. The van der Waals surface area contributed by atoms with E-state index in [1.807, 2.05) is 12.1 Å². The SMILES string of the molecule is NCC1CCOc2cccnc21. The Bertz CT molecular complexity index is 275. The lowest BCUT2D eigenvalue weighted by Crippen LogP contribution is -2.21. The number of hydrogen-bond donors (Lipinski definition) is 1. The van der Waals surface area contributed by atoms with Crippen LogP contribution in [0.25, 0.3) is 0 Å². The summed E-state index contributed by atoms with van der Waals surface area (Å²) < 4.78 is 5.44. The zero-order valence-corrected chi connectivity index (χ0v) is 6.86. The fourth-order valence-electron chi connectivity index (χ4n) is 1.51. The quantitative estimate of drug-likeness (QED) is 0.671. The molecule has 0 spiro atoms. The van der Waals surface area contributed by atoms with Crippen molar-refractivity contribution in [3.63, 3.8) is 0 Å². The van der Waals surface area contributed by atoms with Gasteiger partial charge in [-0.3, -0.25) is 4.98 Å². The summed E-state index contributed by atoms with van der Waals surface area (Å²) in [6.45, 7) is 1.42. The van der Waals surface area contributed by atoms with Crippen LogP contribution in [0.5, 0.6) is 5.75 Å². The monoisotopic (exact) mass is 164 g/mol. The Morgan fingerprint density at radius 3 is 3.42 bits per heavy atom. The van der Waals surface area contributed by atoms with Crippen LogP contribution < -0.4 is 10.5 Å². The second kappa shape index (κ2) is 3.11. The van der Waals surface area contributed by atoms with E-state index < -0.39 is 0 Å². The molecule has 0 aliphatic carbocycles. The van der Waals surface area contributed by atoms with Crippen molar-refractivity contribution < 1.29 is 4.74 Å². The molecule has 1 aliphatic heterocycles. The largest absolute Gasteiger partial charge is 0.492 e. The van der Waals surface area contributed by atoms with E-state index in [1.54, 1.807) is 6.20 Å². The Morgan fingerprint density at radius 2 is 2.58 bits per heavy atom. The minimum absolute atomic E-state index is 0.384. The molecule has 1 atom stereocenters. The number of nitrogens with two attached hydrogens (primary N) is 1. The predicted octanol–water partition coefficient (Wildman–Crippen LogP) is 0.906. The second-order valence-corrected chi connectivity index (χ2v) is 2.96. The van der Waals surface area contributed by atoms with Gasteiger partial charge in [0.05, 0.1) is 12.3 Å². The van der Waals surface area contributed by atoms with E-state index in [1.165, 1.54) is 0 Å². The molecule has 0 saturated carbocycles. The lowest BCUT2D eigenvalue weighted by molar-refractivity contribution is 0.264. The molecule has 12 heavy (non-hydrogen) atoms. The first kappa shape index (κ1) is 7.55. The van der Waals surface area contributed by atoms with Crippen LogP contribution in [-0.2, 0) is 0 Å². The van der Waals surface area contributed by atoms with Gasteiger partial charge in [0.15, 0.2) is 0 Å². The summed E-state index contributed by atoms with van der Waals surface area (Å²) in [6.07, 6.45) is 2.77. The summed E-state index contributed by atoms with van der Waals surface area (Å²) in [5.74, 6) is 1.29. The summed E-state index contributed by atoms with van der Waals surface area (Å²) in [7, 11) is 0. The maximum absolute atomic E-state index is 5.62. The number of pyridine rings is 1. The van der Waals surface area contributed by atoms with Gasteiger partial charge in [-0.1, -0.05) is 0 Å². The summed E-state index contributed by atoms with van der Waals surface area (Å²) in [5.41, 5.74) is 6.64. The van der Waals surface area contributed by atoms with Gasteiger partial charge in [0.1, 0.15) is 5.75 Å². The van der Waals surface area contributed by atoms with Crippen LogP contribution in [0.3, 0.4) is 0 Å². The smallest absolute Gasteiger partial charge is 0.141 e. The molecule has 1 aromatic heterocycles. The lowest BCUT2D eigenvalue weighted by atomic mass is 9.99. The molecule has 1 unspecified atom stereocenters. The topological polar surface area (TPSA) is 48.1 Å². The maximum Gasteiger partial charge on any atom is 0.141 e. The lowest BCUT2D eigenvalue weighted by Gasteiger charge is -2.23. The van der Waals surface area contributed by atoms with Crippen LogP contribution in [0.1, 0.15) is 18.0 Å². The van der Waals surface area contributed by atoms with E-state index in [0.29, 0.717) is 12.5 Å². The summed E-state index contributed by atoms with van der Waals surface area (Å²) >= 11 is 0. The van der Waals surface area contributed by atoms with Crippen LogP contribution >= 0.6 is 0 Å². The molecule has 64 valence electrons. The van der Waals surface area contributed by atoms with Crippen LogP contribution in [0.4, 0.5) is 0 Å². The molecule has 0 amide bonds. The molecule has 2 heterocycles. The molecule has 0 saturated heterocycles. The Balaban J connectivity index is 2.37. The fraction of sp³-hybridized carbons (Fsp3) is 0.444. The van der Waals surface area contributed by atoms with Crippen molar-refractivity contribution in [2.24, 2.45) is 5.73 Å². The standard InChI is InChI=1S/C9H12N2O/c10-6-7-3-5-12-8-2-1-4-11-9(7)8/h1-2,4,7H,3,5-6,10H2. The zero-order valence-electron chi connectivity index (χ0n) is 6.86. The van der Waals surface area contributed by atoms with Crippen molar-refractivity contribution in [2.45, 2.75) is 12.3 Å². The van der Waals surface area contributed by atoms with Gasteiger partial charge in [-0.25, -0.2) is 0 Å². The van der Waals surface area contributed by atoms with Gasteiger partial charge >= 0.3 is 0 Å². The summed E-state index contributed by atoms with van der Waals surface area (Å²) in [5, 5.41) is 0. The highest BCUT2D eigenvalue weighted by atomic mass is 16.5. The number of nitrogens with zero attached hydrogens (tertiary/aromatic N) is 1. The normalized spacial score (nSPS) is 21.2. The van der Waals surface area contributed by atoms with E-state index in [9.17, 15) is 0 Å². The first-order chi connectivity index (χ1) is 5.92. The van der Waals surface area contributed by atoms with Crippen molar-refractivity contribution in [3.05, 3.63) is 24.0 Å². The summed E-state index contributed by atoms with van der Waals surface area (Å²) in [4.78, 5) is 4.27. The number of hydrogen-bond acceptors (Lipinski definition) is 3. The van der Waals surface area contributed by atoms with Gasteiger partial charge in [0.2, 0.25) is 0 Å². The number of rotatable bonds is 1. The highest BCUT2D eigenvalue weighted by Gasteiger charge is 2.20. The van der Waals surface area contributed by atoms with E-state index in [-0.39, 0.29) is 0 Å². The van der Waals surface area contributed by atoms with Crippen LogP contribution in [-0.4, -0.2) is 18.1 Å². The average Bonchev–Trinajstić information content (AvgIpc) is 2.17. The van der Waals surface area contributed by atoms with Crippen molar-refractivity contribution in [3.8, 4) is 5.75 Å². The van der Waals surface area contributed by atoms with E-state index in [4.69, 9.17) is 10.5 Å². The average molecular weight is 164 g/mol. The molecule has 0 aromatic carbocycles. The van der Waals surface area contributed by atoms with Crippen LogP contribution in [0, 0.1) is 0 Å². The van der Waals surface area contributed by atoms with Crippen molar-refractivity contribution in [2.75, 3.05) is 13.2 Å². The highest BCUT2D eigenvalue weighted by Crippen LogP contribution is 2.30. The maximum atomic E-state index is 5.62. The van der Waals surface area contributed by atoms with Crippen molar-refractivity contribution >= 4 is 0 Å². The number of aromatic nitrogens is 1. The van der Waals surface area contributed by atoms with Crippen LogP contribution in [0.2, 0.25) is 0 Å². The molecular formula is C9H12N2O. The molecule has 0 bridgehead atoms. The number of ether oxygens (including phenoxy) is 1. The highest BCUT2D eigenvalue weighted by molar-refractivity contribution is 5.31. The van der Waals surface area contributed by atoms with E-state index in [0.717, 1.165) is 24.5 Å². The van der Waals surface area contributed by atoms with Gasteiger partial charge < -0.3 is 10.5 Å². The first-order valence-corrected chi connectivity index (χ1v) is 4.19. The summed E-state index contributed by atoms with van der Waals surface area (Å²) in [6, 6.07) is 3.84. The van der Waals surface area contributed by atoms with Crippen LogP contribution in [0.15, 0.2) is 18.3 Å². The Morgan fingerprint density at radius 1 is 1.67 bits per heavy atom. The van der Waals surface area contributed by atoms with Gasteiger partial charge in [-0.05, 0) is 18.6 Å². The predicted molar refractivity (Wildman–Crippen MR) is 46.1 cm³/mol. The molecule has 2 rings (SSSR count). The molecule has 1 aliphatic rings. The molecule has 0 radical (unpaired) electrons. The molecule has 3 heteroatoms. The third-order valence-electron chi connectivity index (χ3n) is 2.19. The first-order valence-electron chi connectivity index (χ1n) is 4.19. The Labute approximate surface area is 71.6 Å². The Kier molecular flexibility index (Phi) is 1.96. The molecule has 1 aromatic rings. The van der Waals surface area contributed by atoms with Gasteiger partial charge in [-0.2, -0.15) is 0 Å². The third-order valence-corrected chi connectivity index (χ3v) is 2.19. The van der Waals surface area contributed by atoms with Crippen molar-refractivity contribution in [1.82, 2.24) is 4.98 Å². The van der Waals surface area contributed by atoms with Gasteiger partial charge in [0, 0.05) is 18.7 Å². The third kappa shape index (κ3) is 1.16. The molecule has 0 fully saturated rings. The number of fused-ring (bicyclic) bond motifs is 1.